The van der Waals surface area contributed by atoms with Crippen LogP contribution in [0.2, 0.25) is 0 Å². The predicted molar refractivity (Wildman–Crippen MR) is 148 cm³/mol. The molecule has 1 heterocycles. The van der Waals surface area contributed by atoms with Gasteiger partial charge in [0.15, 0.2) is 5.75 Å². The van der Waals surface area contributed by atoms with Gasteiger partial charge in [0.2, 0.25) is 5.91 Å². The van der Waals surface area contributed by atoms with Crippen LogP contribution in [0.4, 0.5) is 18.9 Å². The SMILES string of the molecule is CN[C@@H](C)C(=O)N[C@H]1COc2c(C(=O)OC(=O)C(F)(F)F)cccc2N(Cc2c(OC)ccc3cc(Br)ccc23)C1=O. The first kappa shape index (κ1) is 30.8. The van der Waals surface area contributed by atoms with Gasteiger partial charge in [0.05, 0.1) is 25.4 Å². The summed E-state index contributed by atoms with van der Waals surface area (Å²) in [6.07, 6.45) is -5.41. The molecule has 0 aromatic heterocycles. The molecule has 0 spiro atoms. The molecule has 0 saturated carbocycles. The van der Waals surface area contributed by atoms with Crippen molar-refractivity contribution >= 4 is 56.1 Å². The highest BCUT2D eigenvalue weighted by Crippen LogP contribution is 2.39. The van der Waals surface area contributed by atoms with Crippen molar-refractivity contribution in [3.63, 3.8) is 0 Å². The fourth-order valence-electron chi connectivity index (χ4n) is 4.34. The number of nitrogens with zero attached hydrogens (tertiary/aromatic N) is 1. The van der Waals surface area contributed by atoms with Crippen molar-refractivity contribution in [2.75, 3.05) is 25.7 Å². The highest BCUT2D eigenvalue weighted by Gasteiger charge is 2.43. The molecule has 0 fully saturated rings. The largest absolute Gasteiger partial charge is 0.496 e. The van der Waals surface area contributed by atoms with Crippen molar-refractivity contribution in [1.29, 1.82) is 0 Å². The molecule has 0 radical (unpaired) electrons. The molecule has 0 unspecified atom stereocenters. The second-order valence-electron chi connectivity index (χ2n) is 9.25. The Hall–Kier alpha value is -4.17. The Bertz CT molecular complexity index is 1560. The van der Waals surface area contributed by atoms with E-state index in [1.807, 2.05) is 18.2 Å². The molecule has 3 aromatic rings. The van der Waals surface area contributed by atoms with Crippen LogP contribution in [0.5, 0.6) is 11.5 Å². The van der Waals surface area contributed by atoms with E-state index in [1.165, 1.54) is 24.1 Å². The number of anilines is 1. The molecule has 10 nitrogen and oxygen atoms in total. The van der Waals surface area contributed by atoms with Crippen LogP contribution in [0.1, 0.15) is 22.8 Å². The summed E-state index contributed by atoms with van der Waals surface area (Å²) < 4.78 is 54.6. The summed E-state index contributed by atoms with van der Waals surface area (Å²) in [5.74, 6) is -5.34. The molecule has 1 aliphatic rings. The van der Waals surface area contributed by atoms with Gasteiger partial charge in [0.25, 0.3) is 5.91 Å². The number of alkyl halides is 3. The Kier molecular flexibility index (Phi) is 9.06. The van der Waals surface area contributed by atoms with Crippen LogP contribution in [0.3, 0.4) is 0 Å². The zero-order chi connectivity index (χ0) is 30.8. The van der Waals surface area contributed by atoms with E-state index in [0.29, 0.717) is 11.3 Å². The fraction of sp³-hybridized carbons (Fsp3) is 0.286. The maximum absolute atomic E-state index is 14.0. The average Bonchev–Trinajstić information content (AvgIpc) is 3.08. The van der Waals surface area contributed by atoms with Gasteiger partial charge < -0.3 is 29.7 Å². The summed E-state index contributed by atoms with van der Waals surface area (Å²) in [6, 6.07) is 10.9. The van der Waals surface area contributed by atoms with Crippen LogP contribution in [-0.4, -0.2) is 62.8 Å². The number of benzene rings is 3. The van der Waals surface area contributed by atoms with E-state index in [-0.39, 0.29) is 18.0 Å². The Balaban J connectivity index is 1.84. The van der Waals surface area contributed by atoms with Gasteiger partial charge in [0.1, 0.15) is 24.0 Å². The second-order valence-corrected chi connectivity index (χ2v) is 10.2. The molecule has 2 amide bonds. The fourth-order valence-corrected chi connectivity index (χ4v) is 4.72. The third kappa shape index (κ3) is 6.34. The molecular weight excluding hydrogens is 627 g/mol. The Morgan fingerprint density at radius 2 is 1.90 bits per heavy atom. The molecule has 14 heteroatoms. The van der Waals surface area contributed by atoms with Gasteiger partial charge in [-0.25, -0.2) is 9.59 Å². The average molecular weight is 652 g/mol. The maximum atomic E-state index is 14.0. The highest BCUT2D eigenvalue weighted by atomic mass is 79.9. The normalized spacial score (nSPS) is 15.7. The number of hydrogen-bond acceptors (Lipinski definition) is 8. The minimum atomic E-state index is -5.41. The predicted octanol–water partition coefficient (Wildman–Crippen LogP) is 3.87. The summed E-state index contributed by atoms with van der Waals surface area (Å²) in [5.41, 5.74) is 0.0494. The number of amides is 2. The number of halogens is 4. The molecule has 2 atom stereocenters. The van der Waals surface area contributed by atoms with Gasteiger partial charge in [-0.2, -0.15) is 13.2 Å². The van der Waals surface area contributed by atoms with E-state index in [2.05, 4.69) is 31.3 Å². The summed E-state index contributed by atoms with van der Waals surface area (Å²) >= 11 is 3.44. The van der Waals surface area contributed by atoms with Crippen LogP contribution in [0.25, 0.3) is 10.8 Å². The molecular formula is C28H25BrF3N3O7. The van der Waals surface area contributed by atoms with E-state index >= 15 is 0 Å². The minimum Gasteiger partial charge on any atom is -0.496 e. The topological polar surface area (TPSA) is 123 Å². The third-order valence-electron chi connectivity index (χ3n) is 6.61. The summed E-state index contributed by atoms with van der Waals surface area (Å²) in [6.45, 7) is 0.960. The van der Waals surface area contributed by atoms with Gasteiger partial charge in [-0.05, 0) is 55.1 Å². The first-order valence-corrected chi connectivity index (χ1v) is 13.3. The van der Waals surface area contributed by atoms with Gasteiger partial charge in [-0.1, -0.05) is 34.1 Å². The summed E-state index contributed by atoms with van der Waals surface area (Å²) in [7, 11) is 3.02. The van der Waals surface area contributed by atoms with Crippen molar-refractivity contribution in [2.45, 2.75) is 31.7 Å². The molecule has 2 N–H and O–H groups in total. The molecule has 0 saturated heterocycles. The first-order valence-electron chi connectivity index (χ1n) is 12.5. The molecule has 1 aliphatic heterocycles. The Labute approximate surface area is 246 Å². The van der Waals surface area contributed by atoms with Crippen molar-refractivity contribution in [2.24, 2.45) is 0 Å². The zero-order valence-corrected chi connectivity index (χ0v) is 24.1. The van der Waals surface area contributed by atoms with Crippen LogP contribution >= 0.6 is 15.9 Å². The van der Waals surface area contributed by atoms with Gasteiger partial charge in [-0.3, -0.25) is 9.59 Å². The first-order chi connectivity index (χ1) is 19.8. The number of methoxy groups -OCH3 is 1. The Morgan fingerprint density at radius 1 is 1.17 bits per heavy atom. The van der Waals surface area contributed by atoms with E-state index in [1.54, 1.807) is 26.1 Å². The zero-order valence-electron chi connectivity index (χ0n) is 22.5. The number of nitrogens with one attached hydrogen (secondary N) is 2. The quantitative estimate of drug-likeness (QED) is 0.292. The van der Waals surface area contributed by atoms with Crippen molar-refractivity contribution in [3.8, 4) is 11.5 Å². The molecule has 3 aromatic carbocycles. The lowest BCUT2D eigenvalue weighted by Gasteiger charge is -2.27. The van der Waals surface area contributed by atoms with E-state index in [4.69, 9.17) is 9.47 Å². The molecule has 4 rings (SSSR count). The number of likely N-dealkylation sites (N-methyl/N-ethyl adjacent to an activating group) is 1. The van der Waals surface area contributed by atoms with Crippen LogP contribution in [0.15, 0.2) is 53.0 Å². The van der Waals surface area contributed by atoms with Gasteiger partial charge in [-0.15, -0.1) is 0 Å². The number of esters is 2. The number of fused-ring (bicyclic) bond motifs is 2. The second kappa shape index (κ2) is 12.4. The van der Waals surface area contributed by atoms with Gasteiger partial charge in [0, 0.05) is 10.0 Å². The number of rotatable bonds is 7. The number of ether oxygens (including phenoxy) is 3. The lowest BCUT2D eigenvalue weighted by Crippen LogP contribution is -2.53. The van der Waals surface area contributed by atoms with Crippen LogP contribution in [-0.2, 0) is 25.7 Å². The van der Waals surface area contributed by atoms with Crippen molar-refractivity contribution < 1.29 is 46.6 Å². The minimum absolute atomic E-state index is 0.00323. The number of para-hydroxylation sites is 1. The van der Waals surface area contributed by atoms with Crippen molar-refractivity contribution in [3.05, 3.63) is 64.1 Å². The van der Waals surface area contributed by atoms with E-state index in [0.717, 1.165) is 21.3 Å². The smallest absolute Gasteiger partial charge is 0.491 e. The highest BCUT2D eigenvalue weighted by molar-refractivity contribution is 9.10. The standard InChI is InChI=1S/C28H25BrF3N3O7/c1-14(33-2)24(36)34-20-13-41-23-18(26(38)42-27(39)28(30,31)32)5-4-6-21(23)35(25(20)37)12-19-17-9-8-16(29)11-15(17)7-10-22(19)40-3/h4-11,14,20,33H,12-13H2,1-3H3,(H,34,36)/t14-,20-/m0/s1. The molecule has 0 aliphatic carbocycles. The summed E-state index contributed by atoms with van der Waals surface area (Å²) in [4.78, 5) is 52.0. The number of carbonyl (C=O) groups is 4. The van der Waals surface area contributed by atoms with E-state index in [9.17, 15) is 32.3 Å². The van der Waals surface area contributed by atoms with Gasteiger partial charge >= 0.3 is 18.1 Å². The molecule has 0 bridgehead atoms. The maximum Gasteiger partial charge on any atom is 0.491 e. The summed E-state index contributed by atoms with van der Waals surface area (Å²) in [5, 5.41) is 6.92. The lowest BCUT2D eigenvalue weighted by molar-refractivity contribution is -0.193. The van der Waals surface area contributed by atoms with E-state index < -0.39 is 54.2 Å². The molecule has 222 valence electrons. The number of hydrogen-bond donors (Lipinski definition) is 2. The number of carbonyl (C=O) groups excluding carboxylic acids is 4. The van der Waals surface area contributed by atoms with Crippen LogP contribution in [0, 0.1) is 0 Å². The van der Waals surface area contributed by atoms with Crippen LogP contribution < -0.4 is 25.0 Å². The Morgan fingerprint density at radius 3 is 2.57 bits per heavy atom. The lowest BCUT2D eigenvalue weighted by atomic mass is 10.0. The van der Waals surface area contributed by atoms with Crippen molar-refractivity contribution in [1.82, 2.24) is 10.6 Å². The third-order valence-corrected chi connectivity index (χ3v) is 7.10. The molecule has 42 heavy (non-hydrogen) atoms. The monoisotopic (exact) mass is 651 g/mol.